The minimum Gasteiger partial charge on any atom is -0.496 e. The molecular weight excluding hydrogens is 645 g/mol. The lowest BCUT2D eigenvalue weighted by molar-refractivity contribution is -0.150. The maximum Gasteiger partial charge on any atom is 0.327 e. The highest BCUT2D eigenvalue weighted by atomic mass is 35.5. The maximum atomic E-state index is 11.5. The second kappa shape index (κ2) is 15.8. The number of esters is 1. The molecule has 0 saturated carbocycles. The number of benzene rings is 2. The van der Waals surface area contributed by atoms with Gasteiger partial charge in [0.25, 0.3) is 0 Å². The number of pyridine rings is 2. The van der Waals surface area contributed by atoms with Gasteiger partial charge in [-0.2, -0.15) is 0 Å². The average molecular weight is 679 g/mol. The average Bonchev–Trinajstić information content (AvgIpc) is 3.50. The maximum absolute atomic E-state index is 11.5. The summed E-state index contributed by atoms with van der Waals surface area (Å²) in [5.41, 5.74) is 5.66. The van der Waals surface area contributed by atoms with E-state index >= 15 is 0 Å². The lowest BCUT2D eigenvalue weighted by Gasteiger charge is -2.16. The Morgan fingerprint density at radius 2 is 1.74 bits per heavy atom. The van der Waals surface area contributed by atoms with Crippen LogP contribution in [0, 0.1) is 0 Å². The first-order chi connectivity index (χ1) is 22.8. The van der Waals surface area contributed by atoms with Gasteiger partial charge in [-0.05, 0) is 24.6 Å². The first kappa shape index (κ1) is 33.8. The summed E-state index contributed by atoms with van der Waals surface area (Å²) in [5, 5.41) is 10.1. The van der Waals surface area contributed by atoms with Crippen molar-refractivity contribution in [2.75, 3.05) is 27.3 Å². The molecule has 5 rings (SSSR count). The van der Waals surface area contributed by atoms with Gasteiger partial charge in [-0.25, -0.2) is 4.98 Å². The first-order valence-electron chi connectivity index (χ1n) is 14.8. The Kier molecular flexibility index (Phi) is 11.4. The summed E-state index contributed by atoms with van der Waals surface area (Å²) >= 11 is 14.0. The van der Waals surface area contributed by atoms with E-state index in [0.29, 0.717) is 75.8 Å². The molecule has 1 atom stereocenters. The van der Waals surface area contributed by atoms with Gasteiger partial charge in [-0.3, -0.25) is 19.4 Å². The number of hydrogen-bond acceptors (Lipinski definition) is 10. The van der Waals surface area contributed by atoms with Crippen molar-refractivity contribution >= 4 is 41.6 Å². The fourth-order valence-corrected chi connectivity index (χ4v) is 6.01. The van der Waals surface area contributed by atoms with Crippen molar-refractivity contribution in [1.29, 1.82) is 0 Å². The fourth-order valence-electron chi connectivity index (χ4n) is 5.37. The Balaban J connectivity index is 1.37. The quantitative estimate of drug-likeness (QED) is 0.0953. The molecule has 4 aromatic rings. The smallest absolute Gasteiger partial charge is 0.327 e. The topological polar surface area (TPSA) is 141 Å². The monoisotopic (exact) mass is 677 g/mol. The lowest BCUT2D eigenvalue weighted by atomic mass is 9.99. The number of aromatic nitrogens is 2. The van der Waals surface area contributed by atoms with E-state index in [4.69, 9.17) is 37.7 Å². The highest BCUT2D eigenvalue weighted by Crippen LogP contribution is 2.42. The molecule has 1 saturated heterocycles. The van der Waals surface area contributed by atoms with Gasteiger partial charge < -0.3 is 30.2 Å². The molecular formula is C34H33Cl2N5O6. The lowest BCUT2D eigenvalue weighted by Crippen LogP contribution is -2.35. The van der Waals surface area contributed by atoms with Gasteiger partial charge in [-0.15, -0.1) is 0 Å². The van der Waals surface area contributed by atoms with E-state index in [2.05, 4.69) is 25.7 Å². The third-order valence-corrected chi connectivity index (χ3v) is 8.49. The molecule has 13 heteroatoms. The summed E-state index contributed by atoms with van der Waals surface area (Å²) in [7, 11) is 3.12. The van der Waals surface area contributed by atoms with Crippen LogP contribution in [0.3, 0.4) is 0 Å². The second-order valence-electron chi connectivity index (χ2n) is 10.7. The van der Waals surface area contributed by atoms with Crippen molar-refractivity contribution in [1.82, 2.24) is 25.9 Å². The molecule has 244 valence electrons. The van der Waals surface area contributed by atoms with Gasteiger partial charge in [0, 0.05) is 71.7 Å². The minimum atomic E-state index is -0.682. The third-order valence-electron chi connectivity index (χ3n) is 7.70. The van der Waals surface area contributed by atoms with Gasteiger partial charge in [0.15, 0.2) is 0 Å². The summed E-state index contributed by atoms with van der Waals surface area (Å²) in [6, 6.07) is 17.0. The van der Waals surface area contributed by atoms with Crippen LogP contribution in [0.2, 0.25) is 10.0 Å². The Morgan fingerprint density at radius 1 is 0.979 bits per heavy atom. The van der Waals surface area contributed by atoms with Crippen LogP contribution in [0.5, 0.6) is 11.6 Å². The molecule has 0 unspecified atom stereocenters. The number of amides is 1. The Bertz CT molecular complexity index is 1790. The molecule has 3 N–H and O–H groups in total. The van der Waals surface area contributed by atoms with Crippen LogP contribution in [-0.4, -0.2) is 61.7 Å². The molecule has 47 heavy (non-hydrogen) atoms. The number of halogens is 2. The van der Waals surface area contributed by atoms with Crippen molar-refractivity contribution in [2.45, 2.75) is 32.0 Å². The van der Waals surface area contributed by atoms with E-state index in [9.17, 15) is 14.4 Å². The molecule has 11 nitrogen and oxygen atoms in total. The zero-order chi connectivity index (χ0) is 33.3. The molecule has 0 radical (unpaired) electrons. The van der Waals surface area contributed by atoms with Crippen molar-refractivity contribution in [2.24, 2.45) is 0 Å². The van der Waals surface area contributed by atoms with Gasteiger partial charge in [0.05, 0.1) is 42.2 Å². The van der Waals surface area contributed by atoms with Gasteiger partial charge in [0.2, 0.25) is 11.8 Å². The molecule has 1 amide bonds. The normalized spacial score (nSPS) is 14.0. The summed E-state index contributed by atoms with van der Waals surface area (Å²) in [6.07, 6.45) is 3.05. The number of hydrogen-bond donors (Lipinski definition) is 3. The van der Waals surface area contributed by atoms with E-state index in [-0.39, 0.29) is 25.0 Å². The standard InChI is InChI=1S/C34H33Cl2N5O6/c1-45-28-14-20(6-7-21(28)15-38-18-30(44)47-19-42)33-32(36)25(12-13-39-33)24-4-3-5-26(31(24)35)27-10-8-22(34(41-27)46-2)16-37-17-23-9-11-29(43)40-23/h3-8,10,12-14,19,23,37-38H,9,11,15-18H2,1-2H3,(H,40,43)/t23-/m0/s1. The predicted molar refractivity (Wildman–Crippen MR) is 178 cm³/mol. The number of rotatable bonds is 14. The highest BCUT2D eigenvalue weighted by Gasteiger charge is 2.21. The molecule has 2 aromatic carbocycles. The van der Waals surface area contributed by atoms with E-state index in [1.54, 1.807) is 26.5 Å². The first-order valence-corrected chi connectivity index (χ1v) is 15.6. The zero-order valence-corrected chi connectivity index (χ0v) is 27.3. The van der Waals surface area contributed by atoms with Crippen molar-refractivity contribution < 1.29 is 28.6 Å². The number of nitrogens with one attached hydrogen (secondary N) is 3. The largest absolute Gasteiger partial charge is 0.496 e. The highest BCUT2D eigenvalue weighted by molar-refractivity contribution is 6.39. The number of methoxy groups -OCH3 is 2. The number of nitrogens with zero attached hydrogens (tertiary/aromatic N) is 2. The third kappa shape index (κ3) is 8.06. The summed E-state index contributed by atoms with van der Waals surface area (Å²) in [6.45, 7) is 1.46. The second-order valence-corrected chi connectivity index (χ2v) is 11.5. The molecule has 0 aliphatic carbocycles. The fraction of sp³-hybridized carbons (Fsp3) is 0.265. The molecule has 0 bridgehead atoms. The van der Waals surface area contributed by atoms with E-state index in [1.165, 1.54) is 0 Å². The predicted octanol–water partition coefficient (Wildman–Crippen LogP) is 4.96. The molecule has 1 aliphatic rings. The minimum absolute atomic E-state index is 0.0862. The number of ether oxygens (including phenoxy) is 3. The van der Waals surface area contributed by atoms with Crippen LogP contribution in [0.15, 0.2) is 60.8 Å². The van der Waals surface area contributed by atoms with Crippen LogP contribution < -0.4 is 25.4 Å². The van der Waals surface area contributed by atoms with Gasteiger partial charge >= 0.3 is 12.4 Å². The van der Waals surface area contributed by atoms with Crippen LogP contribution in [0.1, 0.15) is 24.0 Å². The molecule has 3 heterocycles. The van der Waals surface area contributed by atoms with Crippen molar-refractivity contribution in [3.05, 3.63) is 82.0 Å². The van der Waals surface area contributed by atoms with Crippen molar-refractivity contribution in [3.63, 3.8) is 0 Å². The Labute approximate surface area is 281 Å². The molecule has 1 aliphatic heterocycles. The van der Waals surface area contributed by atoms with E-state index < -0.39 is 5.97 Å². The molecule has 2 aromatic heterocycles. The zero-order valence-electron chi connectivity index (χ0n) is 25.8. The summed E-state index contributed by atoms with van der Waals surface area (Å²) in [4.78, 5) is 42.6. The van der Waals surface area contributed by atoms with E-state index in [1.807, 2.05) is 48.5 Å². The Morgan fingerprint density at radius 3 is 2.49 bits per heavy atom. The van der Waals surface area contributed by atoms with Crippen LogP contribution in [0.4, 0.5) is 0 Å². The van der Waals surface area contributed by atoms with Gasteiger partial charge in [-0.1, -0.05) is 59.6 Å². The number of carbonyl (C=O) groups excluding carboxylic acids is 3. The molecule has 1 fully saturated rings. The van der Waals surface area contributed by atoms with Crippen LogP contribution in [0.25, 0.3) is 33.6 Å². The van der Waals surface area contributed by atoms with Crippen LogP contribution >= 0.6 is 23.2 Å². The summed E-state index contributed by atoms with van der Waals surface area (Å²) in [5.74, 6) is 0.442. The Hall–Kier alpha value is -4.55. The van der Waals surface area contributed by atoms with Crippen LogP contribution in [-0.2, 0) is 32.2 Å². The van der Waals surface area contributed by atoms with Crippen molar-refractivity contribution in [3.8, 4) is 45.3 Å². The SMILES string of the molecule is COc1cc(-c2nccc(-c3cccc(-c4ccc(CNC[C@@H]5CCC(=O)N5)c(OC)n4)c3Cl)c2Cl)ccc1CNCC(=O)OC=O. The number of carbonyl (C=O) groups is 3. The summed E-state index contributed by atoms with van der Waals surface area (Å²) < 4.78 is 15.5. The van der Waals surface area contributed by atoms with E-state index in [0.717, 1.165) is 23.1 Å². The molecule has 0 spiro atoms. The van der Waals surface area contributed by atoms with Gasteiger partial charge in [0.1, 0.15) is 5.75 Å².